The van der Waals surface area contributed by atoms with Crippen LogP contribution in [0.4, 0.5) is 17.1 Å². The van der Waals surface area contributed by atoms with Crippen LogP contribution < -0.4 is 5.32 Å². The molecule has 0 aliphatic rings. The van der Waals surface area contributed by atoms with E-state index in [1.165, 1.54) is 12.1 Å². The standard InChI is InChI=1S/C16H13ClN4O7S.Ca/c1-9(22)15(16(23)18-12-5-3-2-4-11(12)17)20-19-13-7-6-10(29(26,27)28)8-14(13)21(24)25;/h2-8,15H,1H3,(H,18,23)(H,26,27,28);. The zero-order chi connectivity index (χ0) is 21.8. The average Bonchev–Trinajstić information content (AvgIpc) is 2.62. The zero-order valence-electron chi connectivity index (χ0n) is 15.4. The van der Waals surface area contributed by atoms with Gasteiger partial charge in [0, 0.05) is 43.8 Å². The molecule has 1 amide bonds. The summed E-state index contributed by atoms with van der Waals surface area (Å²) in [6.45, 7) is 1.08. The van der Waals surface area contributed by atoms with E-state index in [2.05, 4.69) is 15.5 Å². The van der Waals surface area contributed by atoms with Gasteiger partial charge in [0.2, 0.25) is 6.04 Å². The van der Waals surface area contributed by atoms with Crippen LogP contribution in [0.2, 0.25) is 5.02 Å². The number of rotatable bonds is 7. The SMILES string of the molecule is CC(=O)C(N=Nc1ccc(S(=O)(=O)O)cc1[N+](=O)[O-])C(=O)Nc1ccccc1Cl.[Ca]. The number of ketones is 1. The molecule has 154 valence electrons. The first kappa shape index (κ1) is 26.1. The third-order valence-corrected chi connectivity index (χ3v) is 4.67. The fourth-order valence-electron chi connectivity index (χ4n) is 2.10. The Bertz CT molecular complexity index is 1120. The molecule has 2 aromatic carbocycles. The van der Waals surface area contributed by atoms with Crippen molar-refractivity contribution in [1.29, 1.82) is 0 Å². The summed E-state index contributed by atoms with van der Waals surface area (Å²) in [7, 11) is -4.68. The molecule has 0 fully saturated rings. The number of hydrogen-bond donors (Lipinski definition) is 2. The fourth-order valence-corrected chi connectivity index (χ4v) is 2.78. The smallest absolute Gasteiger partial charge is 0.298 e. The molecule has 2 rings (SSSR count). The first-order chi connectivity index (χ1) is 13.5. The summed E-state index contributed by atoms with van der Waals surface area (Å²) >= 11 is 5.93. The topological polar surface area (TPSA) is 168 Å². The molecule has 2 radical (unpaired) electrons. The van der Waals surface area contributed by atoms with Crippen molar-refractivity contribution in [3.63, 3.8) is 0 Å². The third kappa shape index (κ3) is 6.79. The van der Waals surface area contributed by atoms with Crippen molar-refractivity contribution in [2.45, 2.75) is 17.9 Å². The number of anilines is 1. The van der Waals surface area contributed by atoms with E-state index in [0.717, 1.165) is 19.1 Å². The normalized spacial score (nSPS) is 12.1. The molecule has 0 spiro atoms. The van der Waals surface area contributed by atoms with Gasteiger partial charge in [-0.1, -0.05) is 23.7 Å². The van der Waals surface area contributed by atoms with Gasteiger partial charge in [0.05, 0.1) is 15.6 Å². The van der Waals surface area contributed by atoms with Gasteiger partial charge in [-0.15, -0.1) is 5.11 Å². The third-order valence-electron chi connectivity index (χ3n) is 3.49. The van der Waals surface area contributed by atoms with Gasteiger partial charge in [0.25, 0.3) is 21.7 Å². The van der Waals surface area contributed by atoms with Crippen LogP contribution in [0.1, 0.15) is 6.92 Å². The second kappa shape index (κ2) is 10.9. The van der Waals surface area contributed by atoms with Crippen LogP contribution in [0, 0.1) is 10.1 Å². The van der Waals surface area contributed by atoms with Crippen LogP contribution >= 0.6 is 11.6 Å². The first-order valence-electron chi connectivity index (χ1n) is 7.73. The Morgan fingerprint density at radius 3 is 2.40 bits per heavy atom. The van der Waals surface area contributed by atoms with Gasteiger partial charge in [-0.25, -0.2) is 0 Å². The summed E-state index contributed by atoms with van der Waals surface area (Å²) in [5.41, 5.74) is -0.985. The van der Waals surface area contributed by atoms with Gasteiger partial charge in [0.15, 0.2) is 11.5 Å². The van der Waals surface area contributed by atoms with E-state index in [9.17, 15) is 28.1 Å². The molecule has 0 aromatic heterocycles. The average molecular weight is 481 g/mol. The van der Waals surface area contributed by atoms with E-state index < -0.39 is 49.0 Å². The number of nitro benzene ring substituents is 1. The van der Waals surface area contributed by atoms with Crippen molar-refractivity contribution in [1.82, 2.24) is 0 Å². The van der Waals surface area contributed by atoms with E-state index in [1.807, 2.05) is 0 Å². The molecule has 2 N–H and O–H groups in total. The number of azo groups is 1. The monoisotopic (exact) mass is 480 g/mol. The van der Waals surface area contributed by atoms with Crippen LogP contribution in [0.15, 0.2) is 57.6 Å². The van der Waals surface area contributed by atoms with Crippen LogP contribution in [-0.4, -0.2) is 73.4 Å². The maximum Gasteiger partial charge on any atom is 0.298 e. The van der Waals surface area contributed by atoms with Crippen LogP contribution in [-0.2, 0) is 19.7 Å². The molecule has 1 atom stereocenters. The summed E-state index contributed by atoms with van der Waals surface area (Å²) in [6.07, 6.45) is 0. The van der Waals surface area contributed by atoms with Gasteiger partial charge >= 0.3 is 0 Å². The molecular weight excluding hydrogens is 468 g/mol. The Morgan fingerprint density at radius 1 is 1.23 bits per heavy atom. The number of nitrogens with one attached hydrogen (secondary N) is 1. The van der Waals surface area contributed by atoms with E-state index in [-0.39, 0.29) is 48.4 Å². The van der Waals surface area contributed by atoms with Gasteiger partial charge in [-0.2, -0.15) is 13.5 Å². The van der Waals surface area contributed by atoms with Gasteiger partial charge in [-0.3, -0.25) is 24.3 Å². The Kier molecular flexibility index (Phi) is 9.46. The molecule has 30 heavy (non-hydrogen) atoms. The van der Waals surface area contributed by atoms with Crippen molar-refractivity contribution in [3.8, 4) is 0 Å². The van der Waals surface area contributed by atoms with Gasteiger partial charge in [0.1, 0.15) is 4.90 Å². The van der Waals surface area contributed by atoms with Crippen LogP contribution in [0.25, 0.3) is 0 Å². The maximum absolute atomic E-state index is 12.3. The van der Waals surface area contributed by atoms with Crippen molar-refractivity contribution in [3.05, 3.63) is 57.6 Å². The number of amides is 1. The summed E-state index contributed by atoms with van der Waals surface area (Å²) in [5.74, 6) is -1.57. The molecule has 0 heterocycles. The molecule has 0 aliphatic carbocycles. The molecule has 0 saturated heterocycles. The number of Topliss-reactive ketones (excluding diaryl/α,β-unsaturated/α-hetero) is 1. The molecule has 1 unspecified atom stereocenters. The maximum atomic E-state index is 12.3. The minimum atomic E-state index is -4.68. The molecule has 0 saturated carbocycles. The van der Waals surface area contributed by atoms with E-state index in [0.29, 0.717) is 6.07 Å². The number of carbonyl (C=O) groups excluding carboxylic acids is 2. The van der Waals surface area contributed by atoms with E-state index in [4.69, 9.17) is 16.2 Å². The quantitative estimate of drug-likeness (QED) is 0.153. The summed E-state index contributed by atoms with van der Waals surface area (Å²) in [5, 5.41) is 20.9. The van der Waals surface area contributed by atoms with E-state index in [1.54, 1.807) is 12.1 Å². The number of halogens is 1. The Labute approximate surface area is 205 Å². The zero-order valence-corrected chi connectivity index (χ0v) is 19.1. The van der Waals surface area contributed by atoms with Crippen molar-refractivity contribution < 1.29 is 27.5 Å². The molecular formula is C16H13CaClN4O7S. The van der Waals surface area contributed by atoms with Crippen LogP contribution in [0.5, 0.6) is 0 Å². The minimum absolute atomic E-state index is 0. The minimum Gasteiger partial charge on any atom is -0.322 e. The predicted octanol–water partition coefficient (Wildman–Crippen LogP) is 2.79. The van der Waals surface area contributed by atoms with Crippen molar-refractivity contribution in [2.24, 2.45) is 10.2 Å². The van der Waals surface area contributed by atoms with Crippen LogP contribution in [0.3, 0.4) is 0 Å². The van der Waals surface area contributed by atoms with Gasteiger partial charge < -0.3 is 5.32 Å². The second-order valence-electron chi connectivity index (χ2n) is 5.58. The Hall–Kier alpha value is -1.96. The number of para-hydroxylation sites is 1. The molecule has 0 aliphatic heterocycles. The number of nitro groups is 1. The molecule has 2 aromatic rings. The molecule has 11 nitrogen and oxygen atoms in total. The second-order valence-corrected chi connectivity index (χ2v) is 7.41. The Morgan fingerprint density at radius 2 is 1.87 bits per heavy atom. The largest absolute Gasteiger partial charge is 0.322 e. The number of nitrogens with zero attached hydrogens (tertiary/aromatic N) is 3. The number of carbonyl (C=O) groups is 2. The molecule has 14 heteroatoms. The van der Waals surface area contributed by atoms with Gasteiger partial charge in [-0.05, 0) is 31.2 Å². The van der Waals surface area contributed by atoms with Crippen molar-refractivity contribution in [2.75, 3.05) is 5.32 Å². The first-order valence-corrected chi connectivity index (χ1v) is 9.55. The van der Waals surface area contributed by atoms with E-state index >= 15 is 0 Å². The Balaban J connectivity index is 0.00000450. The summed E-state index contributed by atoms with van der Waals surface area (Å²) in [6, 6.07) is 6.97. The fraction of sp³-hybridized carbons (Fsp3) is 0.125. The number of benzene rings is 2. The number of hydrogen-bond acceptors (Lipinski definition) is 8. The van der Waals surface area contributed by atoms with Crippen molar-refractivity contribution >= 4 is 88.2 Å². The predicted molar refractivity (Wildman–Crippen MR) is 108 cm³/mol. The summed E-state index contributed by atoms with van der Waals surface area (Å²) < 4.78 is 31.3. The summed E-state index contributed by atoms with van der Waals surface area (Å²) in [4.78, 5) is 33.6. The molecule has 0 bridgehead atoms.